The molecule has 1 aliphatic rings. The topological polar surface area (TPSA) is 91.4 Å². The minimum atomic E-state index is -0.449. The quantitative estimate of drug-likeness (QED) is 0.475. The molecule has 3 aromatic rings. The molecule has 0 spiro atoms. The maximum absolute atomic E-state index is 13.1. The number of rotatable bonds is 8. The fraction of sp³-hybridized carbons (Fsp3) is 0.250. The van der Waals surface area contributed by atoms with Gasteiger partial charge in [0.2, 0.25) is 17.7 Å². The molecule has 2 aromatic carbocycles. The number of benzene rings is 2. The van der Waals surface area contributed by atoms with Gasteiger partial charge in [-0.05, 0) is 19.1 Å². The normalized spacial score (nSPS) is 15.5. The molecule has 1 aromatic heterocycles. The molecule has 0 aliphatic carbocycles. The summed E-state index contributed by atoms with van der Waals surface area (Å²) in [6.07, 6.45) is 0.166. The van der Waals surface area contributed by atoms with E-state index in [0.717, 1.165) is 11.3 Å². The standard InChI is InChI=1S/C24H24N4O3S2/c1-2-25-19(29)15-32-24-26-21(16-9-5-3-6-10-16)23(33-24)27-22(31)17-13-20(30)28(14-17)18-11-7-4-8-12-18/h3-12,17H,2,13-15H2,1H3,(H,25,29)(H,27,31). The molecule has 1 aliphatic heterocycles. The molecule has 170 valence electrons. The van der Waals surface area contributed by atoms with Gasteiger partial charge in [0.25, 0.3) is 0 Å². The molecule has 0 bridgehead atoms. The number of amides is 3. The number of nitrogens with zero attached hydrogens (tertiary/aromatic N) is 2. The minimum Gasteiger partial charge on any atom is -0.356 e. The van der Waals surface area contributed by atoms with Crippen LogP contribution in [0.5, 0.6) is 0 Å². The maximum Gasteiger partial charge on any atom is 0.230 e. The molecule has 9 heteroatoms. The van der Waals surface area contributed by atoms with Gasteiger partial charge in [-0.2, -0.15) is 0 Å². The maximum atomic E-state index is 13.1. The average molecular weight is 481 g/mol. The van der Waals surface area contributed by atoms with E-state index in [0.29, 0.717) is 28.1 Å². The monoisotopic (exact) mass is 480 g/mol. The van der Waals surface area contributed by atoms with E-state index in [1.54, 1.807) is 4.90 Å². The minimum absolute atomic E-state index is 0.0602. The van der Waals surface area contributed by atoms with E-state index in [1.165, 1.54) is 23.1 Å². The van der Waals surface area contributed by atoms with Gasteiger partial charge in [0.1, 0.15) is 10.7 Å². The zero-order valence-electron chi connectivity index (χ0n) is 18.1. The third-order valence-electron chi connectivity index (χ3n) is 5.16. The highest BCUT2D eigenvalue weighted by molar-refractivity contribution is 8.01. The van der Waals surface area contributed by atoms with E-state index >= 15 is 0 Å². The van der Waals surface area contributed by atoms with Crippen LogP contribution in [0, 0.1) is 5.92 Å². The molecule has 1 saturated heterocycles. The summed E-state index contributed by atoms with van der Waals surface area (Å²) in [6, 6.07) is 19.0. The van der Waals surface area contributed by atoms with Gasteiger partial charge in [-0.15, -0.1) is 0 Å². The average Bonchev–Trinajstić information content (AvgIpc) is 3.42. The number of nitrogens with one attached hydrogen (secondary N) is 2. The zero-order valence-corrected chi connectivity index (χ0v) is 19.7. The van der Waals surface area contributed by atoms with Gasteiger partial charge >= 0.3 is 0 Å². The number of aromatic nitrogens is 1. The second-order valence-electron chi connectivity index (χ2n) is 7.50. The first-order valence-electron chi connectivity index (χ1n) is 10.7. The zero-order chi connectivity index (χ0) is 23.2. The number of carbonyl (C=O) groups is 3. The molecule has 7 nitrogen and oxygen atoms in total. The van der Waals surface area contributed by atoms with Crippen LogP contribution in [0.2, 0.25) is 0 Å². The Labute approximate surface area is 200 Å². The Bertz CT molecular complexity index is 1140. The molecule has 0 radical (unpaired) electrons. The third kappa shape index (κ3) is 5.61. The number of anilines is 2. The van der Waals surface area contributed by atoms with Crippen molar-refractivity contribution in [2.24, 2.45) is 5.92 Å². The first kappa shape index (κ1) is 23.0. The molecule has 4 rings (SSSR count). The molecule has 1 fully saturated rings. The Hall–Kier alpha value is -3.17. The molecule has 2 N–H and O–H groups in total. The number of hydrogen-bond acceptors (Lipinski definition) is 6. The Balaban J connectivity index is 1.51. The summed E-state index contributed by atoms with van der Waals surface area (Å²) in [5, 5.41) is 6.39. The molecule has 33 heavy (non-hydrogen) atoms. The summed E-state index contributed by atoms with van der Waals surface area (Å²) in [7, 11) is 0. The fourth-order valence-corrected chi connectivity index (χ4v) is 5.47. The van der Waals surface area contributed by atoms with Crippen molar-refractivity contribution in [3.8, 4) is 11.3 Å². The Morgan fingerprint density at radius 2 is 1.82 bits per heavy atom. The van der Waals surface area contributed by atoms with Crippen molar-refractivity contribution in [1.82, 2.24) is 10.3 Å². The van der Waals surface area contributed by atoms with Crippen molar-refractivity contribution in [2.75, 3.05) is 29.1 Å². The predicted octanol–water partition coefficient (Wildman–Crippen LogP) is 4.03. The summed E-state index contributed by atoms with van der Waals surface area (Å²) in [5.74, 6) is -0.522. The van der Waals surface area contributed by atoms with Crippen molar-refractivity contribution >= 4 is 51.5 Å². The molecule has 3 amide bonds. The van der Waals surface area contributed by atoms with E-state index in [9.17, 15) is 14.4 Å². The predicted molar refractivity (Wildman–Crippen MR) is 132 cm³/mol. The summed E-state index contributed by atoms with van der Waals surface area (Å²) in [6.45, 7) is 2.79. The number of carbonyl (C=O) groups excluding carboxylic acids is 3. The van der Waals surface area contributed by atoms with E-state index in [4.69, 9.17) is 0 Å². The van der Waals surface area contributed by atoms with Gasteiger partial charge in [0, 0.05) is 30.8 Å². The first-order chi connectivity index (χ1) is 16.0. The van der Waals surface area contributed by atoms with Gasteiger partial charge < -0.3 is 15.5 Å². The summed E-state index contributed by atoms with van der Waals surface area (Å²) < 4.78 is 0.698. The largest absolute Gasteiger partial charge is 0.356 e. The summed E-state index contributed by atoms with van der Waals surface area (Å²) in [5.41, 5.74) is 2.34. The Kier molecular flexibility index (Phi) is 7.41. The second kappa shape index (κ2) is 10.6. The SMILES string of the molecule is CCNC(=O)CSc1nc(-c2ccccc2)c(NC(=O)C2CC(=O)N(c3ccccc3)C2)s1. The van der Waals surface area contributed by atoms with Gasteiger partial charge in [-0.3, -0.25) is 14.4 Å². The number of thiazole rings is 1. The summed E-state index contributed by atoms with van der Waals surface area (Å²) in [4.78, 5) is 43.8. The first-order valence-corrected chi connectivity index (χ1v) is 12.5. The molecular formula is C24H24N4O3S2. The fourth-order valence-electron chi connectivity index (χ4n) is 3.57. The van der Waals surface area contributed by atoms with Crippen LogP contribution in [0.4, 0.5) is 10.7 Å². The lowest BCUT2D eigenvalue weighted by Crippen LogP contribution is -2.28. The van der Waals surface area contributed by atoms with E-state index in [-0.39, 0.29) is 29.9 Å². The molecule has 1 unspecified atom stereocenters. The van der Waals surface area contributed by atoms with Crippen LogP contribution in [0.25, 0.3) is 11.3 Å². The molecule has 0 saturated carbocycles. The van der Waals surface area contributed by atoms with Crippen LogP contribution in [-0.2, 0) is 14.4 Å². The van der Waals surface area contributed by atoms with Crippen LogP contribution in [0.15, 0.2) is 65.0 Å². The highest BCUT2D eigenvalue weighted by Crippen LogP contribution is 2.38. The molecule has 1 atom stereocenters. The lowest BCUT2D eigenvalue weighted by atomic mass is 10.1. The molecule has 2 heterocycles. The van der Waals surface area contributed by atoms with E-state index < -0.39 is 5.92 Å². The van der Waals surface area contributed by atoms with Gasteiger partial charge in [0.05, 0.1) is 11.7 Å². The van der Waals surface area contributed by atoms with Gasteiger partial charge in [0.15, 0.2) is 4.34 Å². The lowest BCUT2D eigenvalue weighted by molar-refractivity contribution is -0.122. The smallest absolute Gasteiger partial charge is 0.230 e. The van der Waals surface area contributed by atoms with Crippen molar-refractivity contribution in [1.29, 1.82) is 0 Å². The van der Waals surface area contributed by atoms with Gasteiger partial charge in [-0.25, -0.2) is 4.98 Å². The Morgan fingerprint density at radius 3 is 2.52 bits per heavy atom. The number of hydrogen-bond donors (Lipinski definition) is 2. The van der Waals surface area contributed by atoms with Crippen LogP contribution in [0.3, 0.4) is 0 Å². The van der Waals surface area contributed by atoms with Crippen LogP contribution in [-0.4, -0.2) is 41.5 Å². The van der Waals surface area contributed by atoms with Crippen molar-refractivity contribution < 1.29 is 14.4 Å². The third-order valence-corrected chi connectivity index (χ3v) is 7.27. The molecular weight excluding hydrogens is 456 g/mol. The number of thioether (sulfide) groups is 1. The van der Waals surface area contributed by atoms with E-state index in [2.05, 4.69) is 15.6 Å². The highest BCUT2D eigenvalue weighted by atomic mass is 32.2. The Morgan fingerprint density at radius 1 is 1.12 bits per heavy atom. The highest BCUT2D eigenvalue weighted by Gasteiger charge is 2.35. The van der Waals surface area contributed by atoms with Crippen LogP contribution < -0.4 is 15.5 Å². The van der Waals surface area contributed by atoms with Crippen LogP contribution in [0.1, 0.15) is 13.3 Å². The lowest BCUT2D eigenvalue weighted by Gasteiger charge is -2.16. The van der Waals surface area contributed by atoms with Crippen molar-refractivity contribution in [3.63, 3.8) is 0 Å². The summed E-state index contributed by atoms with van der Waals surface area (Å²) >= 11 is 2.68. The van der Waals surface area contributed by atoms with E-state index in [1.807, 2.05) is 67.6 Å². The number of para-hydroxylation sites is 1. The second-order valence-corrected chi connectivity index (χ2v) is 9.72. The van der Waals surface area contributed by atoms with Crippen LogP contribution >= 0.6 is 23.1 Å². The van der Waals surface area contributed by atoms with Crippen molar-refractivity contribution in [3.05, 3.63) is 60.7 Å². The van der Waals surface area contributed by atoms with Crippen molar-refractivity contribution in [2.45, 2.75) is 17.7 Å². The van der Waals surface area contributed by atoms with Gasteiger partial charge in [-0.1, -0.05) is 71.6 Å².